The zero-order valence-corrected chi connectivity index (χ0v) is 24.1. The highest BCUT2D eigenvalue weighted by atomic mass is 127. The van der Waals surface area contributed by atoms with Crippen LogP contribution in [0, 0.1) is 10.7 Å². The van der Waals surface area contributed by atoms with Gasteiger partial charge in [-0.3, -0.25) is 0 Å². The van der Waals surface area contributed by atoms with Crippen molar-refractivity contribution in [2.75, 3.05) is 19.6 Å². The summed E-state index contributed by atoms with van der Waals surface area (Å²) in [5.41, 5.74) is 0. The van der Waals surface area contributed by atoms with Gasteiger partial charge >= 0.3 is 17.9 Å². The SMILES string of the molecule is O=C(C[NH+](CC(=O)Oc1ccc(I)cc1)CC(=O)Oc1ccc(I)cc1)Oc1ccc(I)cc1. The van der Waals surface area contributed by atoms with Gasteiger partial charge < -0.3 is 19.1 Å². The van der Waals surface area contributed by atoms with E-state index in [9.17, 15) is 14.4 Å². The van der Waals surface area contributed by atoms with E-state index in [2.05, 4.69) is 67.8 Å². The summed E-state index contributed by atoms with van der Waals surface area (Å²) in [5.74, 6) is -0.603. The molecule has 3 aromatic rings. The van der Waals surface area contributed by atoms with Gasteiger partial charge in [0.15, 0.2) is 19.6 Å². The molecule has 34 heavy (non-hydrogen) atoms. The van der Waals surface area contributed by atoms with Crippen LogP contribution in [-0.2, 0) is 14.4 Å². The van der Waals surface area contributed by atoms with E-state index in [0.29, 0.717) is 22.1 Å². The lowest BCUT2D eigenvalue weighted by atomic mass is 10.3. The number of carbonyl (C=O) groups excluding carboxylic acids is 3. The average molecular weight is 798 g/mol. The molecule has 10 heteroatoms. The van der Waals surface area contributed by atoms with Crippen molar-refractivity contribution in [3.8, 4) is 17.2 Å². The monoisotopic (exact) mass is 798 g/mol. The molecule has 0 saturated carbocycles. The molecule has 0 aliphatic carbocycles. The Hall–Kier alpha value is -1.78. The van der Waals surface area contributed by atoms with Crippen LogP contribution in [0.4, 0.5) is 0 Å². The highest BCUT2D eigenvalue weighted by molar-refractivity contribution is 14.1. The number of rotatable bonds is 9. The molecule has 0 saturated heterocycles. The summed E-state index contributed by atoms with van der Waals surface area (Å²) in [5, 5.41) is 0. The lowest BCUT2D eigenvalue weighted by molar-refractivity contribution is -0.877. The van der Waals surface area contributed by atoms with Gasteiger partial charge in [0.25, 0.3) is 0 Å². The van der Waals surface area contributed by atoms with E-state index in [1.165, 1.54) is 0 Å². The molecule has 0 aliphatic heterocycles. The molecule has 3 rings (SSSR count). The topological polar surface area (TPSA) is 83.3 Å². The predicted molar refractivity (Wildman–Crippen MR) is 150 cm³/mol. The number of hydrogen-bond donors (Lipinski definition) is 1. The summed E-state index contributed by atoms with van der Waals surface area (Å²) in [7, 11) is 0. The lowest BCUT2D eigenvalue weighted by Crippen LogP contribution is -3.15. The quantitative estimate of drug-likeness (QED) is 0.203. The Morgan fingerprint density at radius 1 is 0.500 bits per heavy atom. The Kier molecular flexibility index (Phi) is 10.5. The van der Waals surface area contributed by atoms with Gasteiger partial charge in [0, 0.05) is 10.7 Å². The van der Waals surface area contributed by atoms with Crippen LogP contribution in [0.2, 0.25) is 0 Å². The summed E-state index contributed by atoms with van der Waals surface area (Å²) in [6.07, 6.45) is 0. The molecule has 0 aromatic heterocycles. The van der Waals surface area contributed by atoms with E-state index >= 15 is 0 Å². The van der Waals surface area contributed by atoms with Gasteiger partial charge in [0.05, 0.1) is 0 Å². The fourth-order valence-electron chi connectivity index (χ4n) is 2.81. The van der Waals surface area contributed by atoms with E-state index in [1.807, 2.05) is 36.4 Å². The van der Waals surface area contributed by atoms with E-state index in [4.69, 9.17) is 14.2 Å². The van der Waals surface area contributed by atoms with Crippen molar-refractivity contribution in [2.45, 2.75) is 0 Å². The van der Waals surface area contributed by atoms with Crippen molar-refractivity contribution in [1.82, 2.24) is 0 Å². The summed E-state index contributed by atoms with van der Waals surface area (Å²) < 4.78 is 19.1. The minimum Gasteiger partial charge on any atom is -0.422 e. The Labute approximate surface area is 237 Å². The van der Waals surface area contributed by atoms with Gasteiger partial charge in [-0.25, -0.2) is 14.4 Å². The summed E-state index contributed by atoms with van der Waals surface area (Å²) in [4.78, 5) is 37.9. The molecule has 7 nitrogen and oxygen atoms in total. The fourth-order valence-corrected chi connectivity index (χ4v) is 3.89. The first-order valence-corrected chi connectivity index (χ1v) is 13.2. The fraction of sp³-hybridized carbons (Fsp3) is 0.125. The molecular formula is C24H19I3NO6+. The second kappa shape index (κ2) is 13.3. The molecule has 0 bridgehead atoms. The third-order valence-corrected chi connectivity index (χ3v) is 6.48. The Morgan fingerprint density at radius 3 is 0.971 bits per heavy atom. The highest BCUT2D eigenvalue weighted by Gasteiger charge is 2.25. The van der Waals surface area contributed by atoms with Crippen LogP contribution in [0.25, 0.3) is 0 Å². The highest BCUT2D eigenvalue weighted by Crippen LogP contribution is 2.15. The zero-order valence-electron chi connectivity index (χ0n) is 17.6. The van der Waals surface area contributed by atoms with Crippen molar-refractivity contribution in [3.05, 3.63) is 83.5 Å². The van der Waals surface area contributed by atoms with E-state index in [-0.39, 0.29) is 19.6 Å². The molecule has 0 amide bonds. The largest absolute Gasteiger partial charge is 0.422 e. The normalized spacial score (nSPS) is 10.6. The van der Waals surface area contributed by atoms with E-state index in [0.717, 1.165) is 10.7 Å². The summed E-state index contributed by atoms with van der Waals surface area (Å²) >= 11 is 6.45. The van der Waals surface area contributed by atoms with Crippen LogP contribution in [-0.4, -0.2) is 37.5 Å². The molecule has 0 unspecified atom stereocenters. The van der Waals surface area contributed by atoms with Crippen molar-refractivity contribution in [2.24, 2.45) is 0 Å². The number of nitrogens with one attached hydrogen (secondary N) is 1. The first-order chi connectivity index (χ1) is 16.3. The number of hydrogen-bond acceptors (Lipinski definition) is 6. The molecule has 1 N–H and O–H groups in total. The van der Waals surface area contributed by atoms with Crippen LogP contribution in [0.1, 0.15) is 0 Å². The molecule has 0 spiro atoms. The van der Waals surface area contributed by atoms with Crippen LogP contribution < -0.4 is 19.1 Å². The number of quaternary nitrogens is 1. The summed E-state index contributed by atoms with van der Waals surface area (Å²) in [6, 6.07) is 20.9. The van der Waals surface area contributed by atoms with Gasteiger partial charge in [0.2, 0.25) is 0 Å². The minimum absolute atomic E-state index is 0.227. The summed E-state index contributed by atoms with van der Waals surface area (Å²) in [6.45, 7) is -0.680. The lowest BCUT2D eigenvalue weighted by Gasteiger charge is -2.17. The maximum absolute atomic E-state index is 12.5. The molecular weight excluding hydrogens is 779 g/mol. The van der Waals surface area contributed by atoms with E-state index in [1.54, 1.807) is 36.4 Å². The number of halogens is 3. The first-order valence-electron chi connectivity index (χ1n) is 9.99. The molecule has 0 heterocycles. The minimum atomic E-state index is -0.583. The van der Waals surface area contributed by atoms with Crippen molar-refractivity contribution in [1.29, 1.82) is 0 Å². The second-order valence-corrected chi connectivity index (χ2v) is 10.8. The first kappa shape index (κ1) is 26.8. The third kappa shape index (κ3) is 9.46. The molecule has 3 aromatic carbocycles. The maximum Gasteiger partial charge on any atom is 0.367 e. The molecule has 0 aliphatic rings. The number of carbonyl (C=O) groups is 3. The molecule has 0 fully saturated rings. The van der Waals surface area contributed by atoms with Crippen molar-refractivity contribution >= 4 is 85.7 Å². The number of esters is 3. The van der Waals surface area contributed by atoms with Crippen LogP contribution >= 0.6 is 67.8 Å². The Morgan fingerprint density at radius 2 is 0.735 bits per heavy atom. The smallest absolute Gasteiger partial charge is 0.367 e. The van der Waals surface area contributed by atoms with Gasteiger partial charge in [-0.1, -0.05) is 0 Å². The van der Waals surface area contributed by atoms with Gasteiger partial charge in [0.1, 0.15) is 17.2 Å². The molecule has 176 valence electrons. The predicted octanol–water partition coefficient (Wildman–Crippen LogP) is 3.50. The maximum atomic E-state index is 12.5. The van der Waals surface area contributed by atoms with Crippen molar-refractivity contribution < 1.29 is 33.5 Å². The van der Waals surface area contributed by atoms with Gasteiger partial charge in [-0.05, 0) is 141 Å². The number of ether oxygens (including phenoxy) is 3. The van der Waals surface area contributed by atoms with Gasteiger partial charge in [-0.15, -0.1) is 0 Å². The average Bonchev–Trinajstić information content (AvgIpc) is 2.78. The number of benzene rings is 3. The standard InChI is InChI=1S/C24H18I3NO6/c25-16-1-7-19(8-2-16)32-22(29)13-28(14-23(30)33-20-9-3-17(26)4-10-20)15-24(31)34-21-11-5-18(27)6-12-21/h1-12H,13-15H2/p+1. The van der Waals surface area contributed by atoms with Crippen molar-refractivity contribution in [3.63, 3.8) is 0 Å². The van der Waals surface area contributed by atoms with E-state index < -0.39 is 17.9 Å². The van der Waals surface area contributed by atoms with Gasteiger partial charge in [-0.2, -0.15) is 0 Å². The van der Waals surface area contributed by atoms with Crippen LogP contribution in [0.15, 0.2) is 72.8 Å². The van der Waals surface area contributed by atoms with Crippen LogP contribution in [0.5, 0.6) is 17.2 Å². The Balaban J connectivity index is 1.64. The third-order valence-electron chi connectivity index (χ3n) is 4.32. The molecule has 0 radical (unpaired) electrons. The van der Waals surface area contributed by atoms with Crippen LogP contribution in [0.3, 0.4) is 0 Å². The zero-order chi connectivity index (χ0) is 24.5. The Bertz CT molecular complexity index is 989. The molecule has 0 atom stereocenters. The second-order valence-electron chi connectivity index (χ2n) is 7.06.